The maximum absolute atomic E-state index is 11.9. The number of nitrogens with two attached hydrogens (primary N) is 1. The second-order valence-electron chi connectivity index (χ2n) is 2.77. The fraction of sp³-hybridized carbons (Fsp3) is 0.250. The maximum Gasteiger partial charge on any atom is 0.314 e. The number of anilines is 2. The van der Waals surface area contributed by atoms with Gasteiger partial charge in [-0.25, -0.2) is 8.78 Å². The molecule has 0 saturated heterocycles. The Balaban J connectivity index is 2.96. The minimum atomic E-state index is -2.58. The number of nitro groups is 1. The van der Waals surface area contributed by atoms with E-state index in [4.69, 9.17) is 5.73 Å². The summed E-state index contributed by atoms with van der Waals surface area (Å²) in [6.45, 7) is -0.649. The molecule has 0 bridgehead atoms. The molecule has 0 heterocycles. The van der Waals surface area contributed by atoms with E-state index >= 15 is 0 Å². The number of rotatable bonds is 4. The van der Waals surface area contributed by atoms with E-state index in [1.54, 1.807) is 0 Å². The highest BCUT2D eigenvalue weighted by Crippen LogP contribution is 2.30. The van der Waals surface area contributed by atoms with Gasteiger partial charge in [-0.3, -0.25) is 10.1 Å². The first kappa shape index (κ1) is 11.2. The molecule has 0 fully saturated rings. The van der Waals surface area contributed by atoms with Gasteiger partial charge in [0.15, 0.2) is 0 Å². The molecule has 1 aromatic carbocycles. The summed E-state index contributed by atoms with van der Waals surface area (Å²) in [5, 5.41) is 12.8. The SMILES string of the molecule is Nc1cccc(NCC(F)F)c1[N+](=O)[O-]. The Morgan fingerprint density at radius 3 is 2.73 bits per heavy atom. The molecule has 0 amide bonds. The number of benzene rings is 1. The second-order valence-corrected chi connectivity index (χ2v) is 2.77. The van der Waals surface area contributed by atoms with Crippen LogP contribution in [-0.2, 0) is 0 Å². The summed E-state index contributed by atoms with van der Waals surface area (Å²) in [5.41, 5.74) is 4.93. The summed E-state index contributed by atoms with van der Waals surface area (Å²) in [6, 6.07) is 4.12. The highest BCUT2D eigenvalue weighted by Gasteiger charge is 2.17. The van der Waals surface area contributed by atoms with E-state index < -0.39 is 17.9 Å². The number of nitrogen functional groups attached to an aromatic ring is 1. The Morgan fingerprint density at radius 2 is 2.20 bits per heavy atom. The zero-order valence-corrected chi connectivity index (χ0v) is 7.61. The van der Waals surface area contributed by atoms with Crippen LogP contribution in [0.2, 0.25) is 0 Å². The van der Waals surface area contributed by atoms with E-state index in [-0.39, 0.29) is 17.1 Å². The molecular formula is C8H9F2N3O2. The third kappa shape index (κ3) is 2.76. The minimum absolute atomic E-state index is 0.000278. The van der Waals surface area contributed by atoms with E-state index in [1.165, 1.54) is 18.2 Å². The predicted octanol–water partition coefficient (Wildman–Crippen LogP) is 1.85. The van der Waals surface area contributed by atoms with Crippen LogP contribution in [0.15, 0.2) is 18.2 Å². The van der Waals surface area contributed by atoms with Crippen molar-refractivity contribution in [2.45, 2.75) is 6.43 Å². The van der Waals surface area contributed by atoms with Crippen LogP contribution in [0, 0.1) is 10.1 Å². The van der Waals surface area contributed by atoms with Gasteiger partial charge in [0.25, 0.3) is 6.43 Å². The molecule has 1 aromatic rings. The fourth-order valence-corrected chi connectivity index (χ4v) is 1.09. The first-order valence-electron chi connectivity index (χ1n) is 4.07. The normalized spacial score (nSPS) is 10.3. The van der Waals surface area contributed by atoms with Gasteiger partial charge in [0.1, 0.15) is 11.4 Å². The van der Waals surface area contributed by atoms with Gasteiger partial charge in [0.05, 0.1) is 11.5 Å². The van der Waals surface area contributed by atoms with E-state index in [2.05, 4.69) is 5.32 Å². The van der Waals surface area contributed by atoms with Crippen LogP contribution in [0.1, 0.15) is 0 Å². The van der Waals surface area contributed by atoms with Crippen LogP contribution >= 0.6 is 0 Å². The van der Waals surface area contributed by atoms with E-state index in [1.807, 2.05) is 0 Å². The van der Waals surface area contributed by atoms with Crippen LogP contribution in [0.25, 0.3) is 0 Å². The molecule has 3 N–H and O–H groups in total. The number of nitro benzene ring substituents is 1. The average Bonchev–Trinajstić information content (AvgIpc) is 2.13. The van der Waals surface area contributed by atoms with Crippen molar-refractivity contribution < 1.29 is 13.7 Å². The first-order chi connectivity index (χ1) is 7.02. The van der Waals surface area contributed by atoms with Gasteiger partial charge in [-0.1, -0.05) is 6.07 Å². The molecule has 0 radical (unpaired) electrons. The molecule has 0 aromatic heterocycles. The predicted molar refractivity (Wildman–Crippen MR) is 52.0 cm³/mol. The van der Waals surface area contributed by atoms with Gasteiger partial charge in [-0.2, -0.15) is 0 Å². The fourth-order valence-electron chi connectivity index (χ4n) is 1.09. The Morgan fingerprint density at radius 1 is 1.53 bits per heavy atom. The molecule has 82 valence electrons. The molecule has 5 nitrogen and oxygen atoms in total. The second kappa shape index (κ2) is 4.54. The molecule has 0 aliphatic carbocycles. The lowest BCUT2D eigenvalue weighted by molar-refractivity contribution is -0.383. The van der Waals surface area contributed by atoms with Crippen molar-refractivity contribution in [3.05, 3.63) is 28.3 Å². The Kier molecular flexibility index (Phi) is 3.37. The first-order valence-corrected chi connectivity index (χ1v) is 4.07. The van der Waals surface area contributed by atoms with E-state index in [9.17, 15) is 18.9 Å². The number of halogens is 2. The highest BCUT2D eigenvalue weighted by molar-refractivity contribution is 5.74. The van der Waals surface area contributed by atoms with Gasteiger partial charge in [0, 0.05) is 0 Å². The molecule has 0 atom stereocenters. The molecule has 0 aliphatic heterocycles. The van der Waals surface area contributed by atoms with Crippen LogP contribution in [0.5, 0.6) is 0 Å². The van der Waals surface area contributed by atoms with Crippen molar-refractivity contribution >= 4 is 17.1 Å². The average molecular weight is 217 g/mol. The van der Waals surface area contributed by atoms with Gasteiger partial charge in [-0.05, 0) is 12.1 Å². The van der Waals surface area contributed by atoms with Crippen molar-refractivity contribution in [3.8, 4) is 0 Å². The molecular weight excluding hydrogens is 208 g/mol. The molecule has 0 saturated carbocycles. The lowest BCUT2D eigenvalue weighted by Gasteiger charge is -2.07. The lowest BCUT2D eigenvalue weighted by Crippen LogP contribution is -2.12. The quantitative estimate of drug-likeness (QED) is 0.458. The summed E-state index contributed by atoms with van der Waals surface area (Å²) in [7, 11) is 0. The maximum atomic E-state index is 11.9. The summed E-state index contributed by atoms with van der Waals surface area (Å²) in [6.07, 6.45) is -2.58. The number of alkyl halides is 2. The lowest BCUT2D eigenvalue weighted by atomic mass is 10.2. The Labute approximate surface area is 84.0 Å². The summed E-state index contributed by atoms with van der Waals surface area (Å²) in [4.78, 5) is 9.88. The van der Waals surface area contributed by atoms with Crippen molar-refractivity contribution in [2.24, 2.45) is 0 Å². The topological polar surface area (TPSA) is 81.2 Å². The van der Waals surface area contributed by atoms with Crippen molar-refractivity contribution in [1.29, 1.82) is 0 Å². The van der Waals surface area contributed by atoms with Gasteiger partial charge < -0.3 is 11.1 Å². The largest absolute Gasteiger partial charge is 0.393 e. The smallest absolute Gasteiger partial charge is 0.314 e. The standard InChI is InChI=1S/C8H9F2N3O2/c9-7(10)4-12-6-3-1-2-5(11)8(6)13(14)15/h1-3,7,12H,4,11H2. The number of hydrogen-bond donors (Lipinski definition) is 2. The van der Waals surface area contributed by atoms with Gasteiger partial charge >= 0.3 is 5.69 Å². The molecule has 0 unspecified atom stereocenters. The minimum Gasteiger partial charge on any atom is -0.393 e. The van der Waals surface area contributed by atoms with E-state index in [0.29, 0.717) is 0 Å². The van der Waals surface area contributed by atoms with E-state index in [0.717, 1.165) is 0 Å². The molecule has 7 heteroatoms. The molecule has 0 aliphatic rings. The summed E-state index contributed by atoms with van der Waals surface area (Å²) in [5.74, 6) is 0. The van der Waals surface area contributed by atoms with Gasteiger partial charge in [-0.15, -0.1) is 0 Å². The van der Waals surface area contributed by atoms with Crippen LogP contribution < -0.4 is 11.1 Å². The number of nitrogens with one attached hydrogen (secondary N) is 1. The van der Waals surface area contributed by atoms with Crippen molar-refractivity contribution in [2.75, 3.05) is 17.6 Å². The Bertz CT molecular complexity index is 371. The van der Waals surface area contributed by atoms with Crippen molar-refractivity contribution in [3.63, 3.8) is 0 Å². The molecule has 1 rings (SSSR count). The molecule has 0 spiro atoms. The molecule has 15 heavy (non-hydrogen) atoms. The highest BCUT2D eigenvalue weighted by atomic mass is 19.3. The summed E-state index contributed by atoms with van der Waals surface area (Å²) < 4.78 is 23.8. The van der Waals surface area contributed by atoms with Crippen molar-refractivity contribution in [1.82, 2.24) is 0 Å². The number of para-hydroxylation sites is 1. The third-order valence-electron chi connectivity index (χ3n) is 1.70. The zero-order chi connectivity index (χ0) is 11.4. The number of nitrogens with zero attached hydrogens (tertiary/aromatic N) is 1. The zero-order valence-electron chi connectivity index (χ0n) is 7.61. The van der Waals surface area contributed by atoms with Crippen LogP contribution in [-0.4, -0.2) is 17.9 Å². The Hall–Kier alpha value is -1.92. The third-order valence-corrected chi connectivity index (χ3v) is 1.70. The monoisotopic (exact) mass is 217 g/mol. The van der Waals surface area contributed by atoms with Crippen LogP contribution in [0.3, 0.4) is 0 Å². The van der Waals surface area contributed by atoms with Gasteiger partial charge in [0.2, 0.25) is 0 Å². The summed E-state index contributed by atoms with van der Waals surface area (Å²) >= 11 is 0. The number of hydrogen-bond acceptors (Lipinski definition) is 4. The van der Waals surface area contributed by atoms with Crippen LogP contribution in [0.4, 0.5) is 25.8 Å².